The molecule has 0 aliphatic carbocycles. The van der Waals surface area contributed by atoms with E-state index in [0.717, 1.165) is 5.56 Å². The molecule has 28 heavy (non-hydrogen) atoms. The van der Waals surface area contributed by atoms with Crippen molar-refractivity contribution in [3.8, 4) is 11.5 Å². The zero-order chi connectivity index (χ0) is 19.8. The van der Waals surface area contributed by atoms with Crippen molar-refractivity contribution in [3.05, 3.63) is 90.5 Å². The number of nitrogens with one attached hydrogen (secondary N) is 2. The van der Waals surface area contributed by atoms with Crippen LogP contribution in [0.25, 0.3) is 0 Å². The summed E-state index contributed by atoms with van der Waals surface area (Å²) in [4.78, 5) is 24.5. The highest BCUT2D eigenvalue weighted by molar-refractivity contribution is 6.06. The molecule has 0 saturated carbocycles. The van der Waals surface area contributed by atoms with Crippen molar-refractivity contribution in [2.75, 3.05) is 5.32 Å². The van der Waals surface area contributed by atoms with Gasteiger partial charge in [0.2, 0.25) is 5.91 Å². The molecule has 6 nitrogen and oxygen atoms in total. The zero-order valence-corrected chi connectivity index (χ0v) is 15.0. The average molecular weight is 376 g/mol. The van der Waals surface area contributed by atoms with Gasteiger partial charge in [-0.1, -0.05) is 48.5 Å². The standard InChI is InChI=1S/C22H20N2O4/c25-21(20(22(26)24-27)15-16-7-3-1-4-8-16)23-17-11-13-19(14-12-17)28-18-9-5-2-6-10-18/h1-14,20,27H,15H2,(H,23,25)(H,24,26). The van der Waals surface area contributed by atoms with Crippen LogP contribution in [0.3, 0.4) is 0 Å². The fourth-order valence-electron chi connectivity index (χ4n) is 2.69. The van der Waals surface area contributed by atoms with Crippen LogP contribution in [0.5, 0.6) is 11.5 Å². The van der Waals surface area contributed by atoms with Gasteiger partial charge in [-0.05, 0) is 48.4 Å². The molecule has 3 aromatic carbocycles. The summed E-state index contributed by atoms with van der Waals surface area (Å²) in [6.45, 7) is 0. The molecule has 0 aliphatic heterocycles. The summed E-state index contributed by atoms with van der Waals surface area (Å²) in [5, 5.41) is 11.7. The summed E-state index contributed by atoms with van der Waals surface area (Å²) in [6, 6.07) is 25.3. The van der Waals surface area contributed by atoms with Crippen LogP contribution in [0, 0.1) is 5.92 Å². The minimum Gasteiger partial charge on any atom is -0.457 e. The lowest BCUT2D eigenvalue weighted by Crippen LogP contribution is -2.38. The van der Waals surface area contributed by atoms with E-state index in [1.807, 2.05) is 60.7 Å². The maximum Gasteiger partial charge on any atom is 0.256 e. The smallest absolute Gasteiger partial charge is 0.256 e. The van der Waals surface area contributed by atoms with Crippen LogP contribution >= 0.6 is 0 Å². The summed E-state index contributed by atoms with van der Waals surface area (Å²) in [5.74, 6) is -0.995. The van der Waals surface area contributed by atoms with Gasteiger partial charge in [-0.25, -0.2) is 5.48 Å². The number of rotatable bonds is 7. The van der Waals surface area contributed by atoms with Crippen LogP contribution in [0.1, 0.15) is 5.56 Å². The van der Waals surface area contributed by atoms with Gasteiger partial charge in [0.1, 0.15) is 17.4 Å². The van der Waals surface area contributed by atoms with Crippen LogP contribution in [0.4, 0.5) is 5.69 Å². The van der Waals surface area contributed by atoms with Gasteiger partial charge in [0.25, 0.3) is 5.91 Å². The summed E-state index contributed by atoms with van der Waals surface area (Å²) in [7, 11) is 0. The molecule has 0 aliphatic rings. The second-order valence-corrected chi connectivity index (χ2v) is 6.15. The molecule has 0 aromatic heterocycles. The molecule has 0 saturated heterocycles. The lowest BCUT2D eigenvalue weighted by atomic mass is 9.97. The number of hydroxylamine groups is 1. The molecule has 6 heteroatoms. The number of para-hydroxylation sites is 1. The van der Waals surface area contributed by atoms with Gasteiger partial charge < -0.3 is 10.1 Å². The van der Waals surface area contributed by atoms with Crippen molar-refractivity contribution in [1.29, 1.82) is 0 Å². The third-order valence-electron chi connectivity index (χ3n) is 4.13. The Balaban J connectivity index is 1.66. The molecule has 1 unspecified atom stereocenters. The predicted molar refractivity (Wildman–Crippen MR) is 105 cm³/mol. The van der Waals surface area contributed by atoms with Crippen molar-refractivity contribution in [3.63, 3.8) is 0 Å². The Morgan fingerprint density at radius 1 is 0.786 bits per heavy atom. The zero-order valence-electron chi connectivity index (χ0n) is 15.0. The Bertz CT molecular complexity index is 912. The third-order valence-corrected chi connectivity index (χ3v) is 4.13. The summed E-state index contributed by atoms with van der Waals surface area (Å²) >= 11 is 0. The monoisotopic (exact) mass is 376 g/mol. The molecule has 1 atom stereocenters. The molecule has 2 amide bonds. The van der Waals surface area contributed by atoms with Gasteiger partial charge >= 0.3 is 0 Å². The van der Waals surface area contributed by atoms with Crippen molar-refractivity contribution in [1.82, 2.24) is 5.48 Å². The maximum absolute atomic E-state index is 12.6. The van der Waals surface area contributed by atoms with Gasteiger partial charge in [0.15, 0.2) is 0 Å². The largest absolute Gasteiger partial charge is 0.457 e. The number of ether oxygens (including phenoxy) is 1. The van der Waals surface area contributed by atoms with E-state index in [4.69, 9.17) is 9.94 Å². The van der Waals surface area contributed by atoms with E-state index in [0.29, 0.717) is 17.2 Å². The van der Waals surface area contributed by atoms with Crippen molar-refractivity contribution < 1.29 is 19.5 Å². The van der Waals surface area contributed by atoms with Crippen LogP contribution in [-0.4, -0.2) is 17.0 Å². The normalized spacial score (nSPS) is 11.3. The first-order chi connectivity index (χ1) is 13.7. The molecule has 3 aromatic rings. The molecule has 3 N–H and O–H groups in total. The molecule has 0 radical (unpaired) electrons. The van der Waals surface area contributed by atoms with E-state index in [2.05, 4.69) is 5.32 Å². The quantitative estimate of drug-likeness (QED) is 0.333. The van der Waals surface area contributed by atoms with E-state index in [1.165, 1.54) is 0 Å². The number of benzene rings is 3. The second-order valence-electron chi connectivity index (χ2n) is 6.15. The number of hydrogen-bond acceptors (Lipinski definition) is 4. The Morgan fingerprint density at radius 2 is 1.36 bits per heavy atom. The summed E-state index contributed by atoms with van der Waals surface area (Å²) < 4.78 is 5.71. The number of hydrogen-bond donors (Lipinski definition) is 3. The molecule has 3 rings (SSSR count). The number of anilines is 1. The van der Waals surface area contributed by atoms with Crippen LogP contribution in [0.2, 0.25) is 0 Å². The van der Waals surface area contributed by atoms with Crippen molar-refractivity contribution in [2.24, 2.45) is 5.92 Å². The molecule has 0 heterocycles. The van der Waals surface area contributed by atoms with Crippen LogP contribution in [-0.2, 0) is 16.0 Å². The molecule has 0 spiro atoms. The Kier molecular flexibility index (Phi) is 6.38. The summed E-state index contributed by atoms with van der Waals surface area (Å²) in [6.07, 6.45) is 0.175. The molecule has 0 fully saturated rings. The fourth-order valence-corrected chi connectivity index (χ4v) is 2.69. The van der Waals surface area contributed by atoms with E-state index < -0.39 is 17.7 Å². The van der Waals surface area contributed by atoms with Crippen LogP contribution < -0.4 is 15.5 Å². The lowest BCUT2D eigenvalue weighted by molar-refractivity contribution is -0.138. The van der Waals surface area contributed by atoms with E-state index in [9.17, 15) is 9.59 Å². The van der Waals surface area contributed by atoms with Crippen molar-refractivity contribution in [2.45, 2.75) is 6.42 Å². The first-order valence-electron chi connectivity index (χ1n) is 8.77. The van der Waals surface area contributed by atoms with Gasteiger partial charge in [-0.3, -0.25) is 14.8 Å². The van der Waals surface area contributed by atoms with Crippen molar-refractivity contribution >= 4 is 17.5 Å². The number of carbonyl (C=O) groups excluding carboxylic acids is 2. The van der Waals surface area contributed by atoms with Crippen LogP contribution in [0.15, 0.2) is 84.9 Å². The fraction of sp³-hybridized carbons (Fsp3) is 0.0909. The predicted octanol–water partition coefficient (Wildman–Crippen LogP) is 3.78. The van der Waals surface area contributed by atoms with E-state index >= 15 is 0 Å². The molecular weight excluding hydrogens is 356 g/mol. The van der Waals surface area contributed by atoms with Gasteiger partial charge in [-0.2, -0.15) is 0 Å². The highest BCUT2D eigenvalue weighted by atomic mass is 16.5. The third kappa shape index (κ3) is 5.18. The first-order valence-corrected chi connectivity index (χ1v) is 8.77. The number of carbonyl (C=O) groups is 2. The minimum absolute atomic E-state index is 0.175. The van der Waals surface area contributed by atoms with Gasteiger partial charge in [-0.15, -0.1) is 0 Å². The highest BCUT2D eigenvalue weighted by Gasteiger charge is 2.26. The van der Waals surface area contributed by atoms with Gasteiger partial charge in [0.05, 0.1) is 0 Å². The second kappa shape index (κ2) is 9.34. The first kappa shape index (κ1) is 19.1. The topological polar surface area (TPSA) is 87.7 Å². The van der Waals surface area contributed by atoms with Gasteiger partial charge in [0, 0.05) is 5.69 Å². The molecular formula is C22H20N2O4. The number of amides is 2. The lowest BCUT2D eigenvalue weighted by Gasteiger charge is -2.15. The highest BCUT2D eigenvalue weighted by Crippen LogP contribution is 2.23. The van der Waals surface area contributed by atoms with E-state index in [-0.39, 0.29) is 6.42 Å². The Morgan fingerprint density at radius 3 is 1.96 bits per heavy atom. The van der Waals surface area contributed by atoms with E-state index in [1.54, 1.807) is 29.7 Å². The summed E-state index contributed by atoms with van der Waals surface area (Å²) in [5.41, 5.74) is 2.91. The molecule has 0 bridgehead atoms. The Hall–Kier alpha value is -3.64. The SMILES string of the molecule is O=C(NO)C(Cc1ccccc1)C(=O)Nc1ccc(Oc2ccccc2)cc1. The minimum atomic E-state index is -1.06. The Labute approximate surface area is 162 Å². The average Bonchev–Trinajstić information content (AvgIpc) is 2.74. The maximum atomic E-state index is 12.6. The molecule has 142 valence electrons.